The number of hydrogen-bond donors (Lipinski definition) is 3. The lowest BCUT2D eigenvalue weighted by Crippen LogP contribution is -2.34. The molecule has 1 fully saturated rings. The maximum Gasteiger partial charge on any atom is 0.247 e. The van der Waals surface area contributed by atoms with Crippen LogP contribution in [-0.2, 0) is 9.59 Å². The maximum absolute atomic E-state index is 12.1. The Labute approximate surface area is 210 Å². The van der Waals surface area contributed by atoms with Crippen molar-refractivity contribution in [1.82, 2.24) is 14.9 Å². The van der Waals surface area contributed by atoms with Gasteiger partial charge in [0.2, 0.25) is 17.8 Å². The summed E-state index contributed by atoms with van der Waals surface area (Å²) in [6.45, 7) is 6.14. The SMILES string of the molecule is C=CC(=O)Nc1cccc(Nc2nc(Nc3ccc(C4CCN(C)C(=O)C4)cc3OC)ncc2C)c1. The van der Waals surface area contributed by atoms with Gasteiger partial charge in [0.05, 0.1) is 12.8 Å². The summed E-state index contributed by atoms with van der Waals surface area (Å²) in [5.41, 5.74) is 4.07. The fraction of sp³-hybridized carbons (Fsp3) is 0.259. The third kappa shape index (κ3) is 5.80. The van der Waals surface area contributed by atoms with Crippen LogP contribution in [0.15, 0.2) is 61.3 Å². The first-order chi connectivity index (χ1) is 17.4. The van der Waals surface area contributed by atoms with Crippen LogP contribution in [0, 0.1) is 6.92 Å². The second-order valence-corrected chi connectivity index (χ2v) is 8.71. The van der Waals surface area contributed by atoms with Crippen LogP contribution >= 0.6 is 0 Å². The van der Waals surface area contributed by atoms with Gasteiger partial charge in [0.15, 0.2) is 0 Å². The molecule has 0 saturated carbocycles. The van der Waals surface area contributed by atoms with E-state index < -0.39 is 0 Å². The molecule has 1 aliphatic heterocycles. The lowest BCUT2D eigenvalue weighted by atomic mass is 9.89. The molecule has 9 nitrogen and oxygen atoms in total. The van der Waals surface area contributed by atoms with Crippen LogP contribution in [0.2, 0.25) is 0 Å². The van der Waals surface area contributed by atoms with E-state index in [1.807, 2.05) is 50.4 Å². The lowest BCUT2D eigenvalue weighted by Gasteiger charge is -2.29. The molecule has 1 unspecified atom stereocenters. The lowest BCUT2D eigenvalue weighted by molar-refractivity contribution is -0.132. The molecule has 1 aliphatic rings. The number of benzene rings is 2. The van der Waals surface area contributed by atoms with Gasteiger partial charge < -0.3 is 25.6 Å². The number of piperidine rings is 1. The number of likely N-dealkylation sites (tertiary alicyclic amines) is 1. The van der Waals surface area contributed by atoms with E-state index in [1.165, 1.54) is 6.08 Å². The molecule has 1 saturated heterocycles. The molecule has 3 aromatic rings. The highest BCUT2D eigenvalue weighted by atomic mass is 16.5. The Balaban J connectivity index is 1.51. The molecular formula is C27H30N6O3. The second-order valence-electron chi connectivity index (χ2n) is 8.71. The van der Waals surface area contributed by atoms with Crippen molar-refractivity contribution in [2.45, 2.75) is 25.7 Å². The van der Waals surface area contributed by atoms with Gasteiger partial charge in [0, 0.05) is 43.1 Å². The molecule has 36 heavy (non-hydrogen) atoms. The molecule has 1 atom stereocenters. The van der Waals surface area contributed by atoms with Crippen molar-refractivity contribution in [2.24, 2.45) is 0 Å². The normalized spacial score (nSPS) is 15.2. The Morgan fingerprint density at radius 3 is 2.75 bits per heavy atom. The number of nitrogens with one attached hydrogen (secondary N) is 3. The fourth-order valence-electron chi connectivity index (χ4n) is 4.05. The predicted octanol–water partition coefficient (Wildman–Crippen LogP) is 4.74. The number of nitrogens with zero attached hydrogens (tertiary/aromatic N) is 3. The fourth-order valence-corrected chi connectivity index (χ4v) is 4.05. The second kappa shape index (κ2) is 10.9. The first kappa shape index (κ1) is 24.7. The zero-order valence-electron chi connectivity index (χ0n) is 20.7. The smallest absolute Gasteiger partial charge is 0.247 e. The van der Waals surface area contributed by atoms with Crippen molar-refractivity contribution in [2.75, 3.05) is 36.7 Å². The van der Waals surface area contributed by atoms with Crippen molar-refractivity contribution >= 4 is 40.6 Å². The highest BCUT2D eigenvalue weighted by Crippen LogP contribution is 2.35. The molecule has 9 heteroatoms. The number of rotatable bonds is 8. The number of amides is 2. The van der Waals surface area contributed by atoms with Crippen molar-refractivity contribution in [3.8, 4) is 5.75 Å². The average molecular weight is 487 g/mol. The van der Waals surface area contributed by atoms with Gasteiger partial charge in [-0.15, -0.1) is 0 Å². The van der Waals surface area contributed by atoms with E-state index in [4.69, 9.17) is 4.74 Å². The summed E-state index contributed by atoms with van der Waals surface area (Å²) in [5.74, 6) is 1.74. The third-order valence-corrected chi connectivity index (χ3v) is 6.15. The minimum atomic E-state index is -0.278. The average Bonchev–Trinajstić information content (AvgIpc) is 2.88. The standard InChI is InChI=1S/C27H30N6O3/c1-5-24(34)29-20-7-6-8-21(15-20)30-26-17(2)16-28-27(32-26)31-22-10-9-18(13-23(22)36-4)19-11-12-33(3)25(35)14-19/h5-10,13,15-16,19H,1,11-12,14H2,2-4H3,(H,29,34)(H2,28,30,31,32). The van der Waals surface area contributed by atoms with Crippen molar-refractivity contribution in [3.63, 3.8) is 0 Å². The first-order valence-corrected chi connectivity index (χ1v) is 11.7. The third-order valence-electron chi connectivity index (χ3n) is 6.15. The zero-order chi connectivity index (χ0) is 25.7. The number of anilines is 5. The van der Waals surface area contributed by atoms with E-state index in [-0.39, 0.29) is 17.7 Å². The highest BCUT2D eigenvalue weighted by molar-refractivity contribution is 5.99. The van der Waals surface area contributed by atoms with Crippen molar-refractivity contribution in [3.05, 3.63) is 72.4 Å². The minimum Gasteiger partial charge on any atom is -0.495 e. The van der Waals surface area contributed by atoms with Crippen LogP contribution in [0.1, 0.15) is 29.9 Å². The van der Waals surface area contributed by atoms with Crippen LogP contribution in [0.3, 0.4) is 0 Å². The summed E-state index contributed by atoms with van der Waals surface area (Å²) in [4.78, 5) is 34.6. The van der Waals surface area contributed by atoms with Crippen molar-refractivity contribution < 1.29 is 14.3 Å². The Kier molecular flexibility index (Phi) is 7.48. The van der Waals surface area contributed by atoms with E-state index in [9.17, 15) is 9.59 Å². The molecule has 0 bridgehead atoms. The molecule has 186 valence electrons. The van der Waals surface area contributed by atoms with Gasteiger partial charge in [0.25, 0.3) is 0 Å². The Hall–Kier alpha value is -4.40. The van der Waals surface area contributed by atoms with Gasteiger partial charge in [-0.25, -0.2) is 4.98 Å². The van der Waals surface area contributed by atoms with Gasteiger partial charge in [0.1, 0.15) is 11.6 Å². The van der Waals surface area contributed by atoms with E-state index in [1.54, 1.807) is 24.3 Å². The summed E-state index contributed by atoms with van der Waals surface area (Å²) >= 11 is 0. The molecule has 1 aromatic heterocycles. The Morgan fingerprint density at radius 2 is 2.00 bits per heavy atom. The number of aryl methyl sites for hydroxylation is 1. The molecule has 0 spiro atoms. The maximum atomic E-state index is 12.1. The van der Waals surface area contributed by atoms with Crippen molar-refractivity contribution in [1.29, 1.82) is 0 Å². The molecule has 2 heterocycles. The van der Waals surface area contributed by atoms with Gasteiger partial charge in [-0.3, -0.25) is 9.59 Å². The summed E-state index contributed by atoms with van der Waals surface area (Å²) in [7, 11) is 3.46. The molecule has 0 aliphatic carbocycles. The summed E-state index contributed by atoms with van der Waals surface area (Å²) in [6, 6.07) is 13.2. The quantitative estimate of drug-likeness (QED) is 0.395. The van der Waals surface area contributed by atoms with E-state index in [0.717, 1.165) is 35.5 Å². The Bertz CT molecular complexity index is 1290. The van der Waals surface area contributed by atoms with Crippen LogP contribution in [0.4, 0.5) is 28.8 Å². The largest absolute Gasteiger partial charge is 0.495 e. The molecule has 0 radical (unpaired) electrons. The predicted molar refractivity (Wildman–Crippen MR) is 141 cm³/mol. The van der Waals surface area contributed by atoms with Crippen LogP contribution in [0.5, 0.6) is 5.75 Å². The number of carbonyl (C=O) groups excluding carboxylic acids is 2. The van der Waals surface area contributed by atoms with Gasteiger partial charge in [-0.1, -0.05) is 18.7 Å². The van der Waals surface area contributed by atoms with Gasteiger partial charge in [-0.2, -0.15) is 4.98 Å². The van der Waals surface area contributed by atoms with Gasteiger partial charge in [-0.05, 0) is 61.2 Å². The van der Waals surface area contributed by atoms with Crippen LogP contribution in [-0.4, -0.2) is 47.4 Å². The highest BCUT2D eigenvalue weighted by Gasteiger charge is 2.25. The topological polar surface area (TPSA) is 108 Å². The van der Waals surface area contributed by atoms with E-state index in [0.29, 0.717) is 29.6 Å². The molecular weight excluding hydrogens is 456 g/mol. The minimum absolute atomic E-state index is 0.161. The number of methoxy groups -OCH3 is 1. The number of carbonyl (C=O) groups is 2. The van der Waals surface area contributed by atoms with Crippen LogP contribution < -0.4 is 20.7 Å². The first-order valence-electron chi connectivity index (χ1n) is 11.7. The summed E-state index contributed by atoms with van der Waals surface area (Å²) < 4.78 is 5.63. The number of aromatic nitrogens is 2. The van der Waals surface area contributed by atoms with E-state index in [2.05, 4.69) is 32.5 Å². The molecule has 4 rings (SSSR count). The van der Waals surface area contributed by atoms with Crippen LogP contribution in [0.25, 0.3) is 0 Å². The zero-order valence-corrected chi connectivity index (χ0v) is 20.7. The summed E-state index contributed by atoms with van der Waals surface area (Å²) in [5, 5.41) is 9.27. The summed E-state index contributed by atoms with van der Waals surface area (Å²) in [6.07, 6.45) is 4.38. The van der Waals surface area contributed by atoms with Gasteiger partial charge >= 0.3 is 0 Å². The van der Waals surface area contributed by atoms with E-state index >= 15 is 0 Å². The molecule has 3 N–H and O–H groups in total. The molecule has 2 amide bonds. The number of ether oxygens (including phenoxy) is 1. The monoisotopic (exact) mass is 486 g/mol. The molecule has 2 aromatic carbocycles. The Morgan fingerprint density at radius 1 is 1.19 bits per heavy atom. The number of hydrogen-bond acceptors (Lipinski definition) is 7.